The van der Waals surface area contributed by atoms with Crippen LogP contribution in [0.25, 0.3) is 0 Å². The second-order valence-corrected chi connectivity index (χ2v) is 4.47. The van der Waals surface area contributed by atoms with Crippen LogP contribution in [0, 0.1) is 13.8 Å². The van der Waals surface area contributed by atoms with E-state index in [9.17, 15) is 0 Å². The van der Waals surface area contributed by atoms with E-state index in [1.807, 2.05) is 0 Å². The highest BCUT2D eigenvalue weighted by Crippen LogP contribution is 2.00. The van der Waals surface area contributed by atoms with Gasteiger partial charge in [-0.25, -0.2) is 0 Å². The Morgan fingerprint density at radius 2 is 0.857 bits per heavy atom. The highest BCUT2D eigenvalue weighted by atomic mass is 35.5. The van der Waals surface area contributed by atoms with E-state index in [1.165, 1.54) is 22.3 Å². The molecular weight excluding hydrogens is 307 g/mol. The van der Waals surface area contributed by atoms with Crippen molar-refractivity contribution in [3.05, 3.63) is 70.8 Å². The van der Waals surface area contributed by atoms with Crippen LogP contribution < -0.4 is 36.3 Å². The zero-order valence-electron chi connectivity index (χ0n) is 12.7. The summed E-state index contributed by atoms with van der Waals surface area (Å²) in [5.41, 5.74) is 12.8. The molecule has 0 atom stereocenters. The molecule has 0 unspecified atom stereocenters. The van der Waals surface area contributed by atoms with Gasteiger partial charge in [0.15, 0.2) is 0 Å². The van der Waals surface area contributed by atoms with Crippen molar-refractivity contribution in [2.24, 2.45) is 0 Å². The molecule has 2 aromatic carbocycles. The molecule has 0 spiro atoms. The molecule has 3 nitrogen and oxygen atoms in total. The predicted molar refractivity (Wildman–Crippen MR) is 79.2 cm³/mol. The largest absolute Gasteiger partial charge is 1.00 e. The maximum atomic E-state index is 3.79. The Bertz CT molecular complexity index is 413. The van der Waals surface area contributed by atoms with Gasteiger partial charge in [0.05, 0.1) is 13.1 Å². The molecule has 0 heterocycles. The molecule has 21 heavy (non-hydrogen) atoms. The first-order valence-corrected chi connectivity index (χ1v) is 6.35. The molecule has 0 bridgehead atoms. The minimum Gasteiger partial charge on any atom is -1.00 e. The first-order chi connectivity index (χ1) is 8.65. The summed E-state index contributed by atoms with van der Waals surface area (Å²) in [6.07, 6.45) is 0. The van der Waals surface area contributed by atoms with E-state index < -0.39 is 0 Å². The number of hydrogen-bond acceptors (Lipinski definition) is 0. The molecule has 120 valence electrons. The summed E-state index contributed by atoms with van der Waals surface area (Å²) in [6.45, 7) is 5.96. The third kappa shape index (κ3) is 10.3. The van der Waals surface area contributed by atoms with Crippen molar-refractivity contribution in [3.63, 3.8) is 0 Å². The molecule has 0 fully saturated rings. The summed E-state index contributed by atoms with van der Waals surface area (Å²) in [7, 11) is 0. The predicted octanol–water partition coefficient (Wildman–Crippen LogP) is -5.34. The Morgan fingerprint density at radius 3 is 1.05 bits per heavy atom. The van der Waals surface area contributed by atoms with E-state index in [1.54, 1.807) is 0 Å². The van der Waals surface area contributed by atoms with Crippen LogP contribution in [0.4, 0.5) is 0 Å². The van der Waals surface area contributed by atoms with Crippen molar-refractivity contribution < 1.29 is 41.8 Å². The molecule has 0 aliphatic rings. The van der Waals surface area contributed by atoms with E-state index in [0.29, 0.717) is 0 Å². The van der Waals surface area contributed by atoms with E-state index in [-0.39, 0.29) is 30.3 Å². The van der Waals surface area contributed by atoms with Crippen molar-refractivity contribution in [3.8, 4) is 0 Å². The monoisotopic (exact) mass is 332 g/mol. The zero-order chi connectivity index (χ0) is 13.4. The molecular formula is C16H26Cl2N2O. The van der Waals surface area contributed by atoms with Gasteiger partial charge >= 0.3 is 0 Å². The quantitative estimate of drug-likeness (QED) is 0.550. The highest BCUT2D eigenvalue weighted by Gasteiger charge is 1.88. The fourth-order valence-electron chi connectivity index (χ4n) is 1.51. The summed E-state index contributed by atoms with van der Waals surface area (Å²) >= 11 is 0. The molecule has 5 heteroatoms. The van der Waals surface area contributed by atoms with Gasteiger partial charge in [-0.1, -0.05) is 59.7 Å². The number of rotatable bonds is 2. The number of halogens is 2. The average Bonchev–Trinajstić information content (AvgIpc) is 2.41. The summed E-state index contributed by atoms with van der Waals surface area (Å²) in [6, 6.07) is 16.9. The van der Waals surface area contributed by atoms with Crippen molar-refractivity contribution in [1.29, 1.82) is 0 Å². The van der Waals surface area contributed by atoms with Gasteiger partial charge in [-0.05, 0) is 13.8 Å². The third-order valence-electron chi connectivity index (χ3n) is 2.82. The first kappa shape index (κ1) is 24.9. The molecule has 0 radical (unpaired) electrons. The van der Waals surface area contributed by atoms with Crippen LogP contribution in [-0.2, 0) is 13.1 Å². The van der Waals surface area contributed by atoms with Crippen molar-refractivity contribution in [2.75, 3.05) is 0 Å². The Hall–Kier alpha value is -1.10. The second kappa shape index (κ2) is 13.9. The smallest absolute Gasteiger partial charge is 0.0997 e. The van der Waals surface area contributed by atoms with E-state index in [0.717, 1.165) is 13.1 Å². The standard InChI is InChI=1S/2C8H11N.2ClH.H2O/c2*1-7-2-4-8(6-9)5-3-7;;;/h2*2-5H,6,9H2,1H3;2*1H;1H2. The van der Waals surface area contributed by atoms with Gasteiger partial charge in [0, 0.05) is 11.1 Å². The second-order valence-electron chi connectivity index (χ2n) is 4.47. The lowest BCUT2D eigenvalue weighted by Gasteiger charge is -1.92. The topological polar surface area (TPSA) is 86.8 Å². The first-order valence-electron chi connectivity index (χ1n) is 6.35. The van der Waals surface area contributed by atoms with Crippen LogP contribution in [0.3, 0.4) is 0 Å². The number of quaternary nitrogens is 2. The fraction of sp³-hybridized carbons (Fsp3) is 0.250. The normalized spacial score (nSPS) is 8.19. The van der Waals surface area contributed by atoms with Crippen LogP contribution in [0.5, 0.6) is 0 Å². The average molecular weight is 333 g/mol. The zero-order valence-corrected chi connectivity index (χ0v) is 14.2. The molecule has 2 rings (SSSR count). The highest BCUT2D eigenvalue weighted by molar-refractivity contribution is 5.20. The Balaban J connectivity index is -0.000000270. The number of aryl methyl sites for hydroxylation is 2. The van der Waals surface area contributed by atoms with Gasteiger partial charge < -0.3 is 41.8 Å². The van der Waals surface area contributed by atoms with Gasteiger partial charge in [-0.2, -0.15) is 0 Å². The van der Waals surface area contributed by atoms with Crippen LogP contribution in [-0.4, -0.2) is 5.48 Å². The van der Waals surface area contributed by atoms with Gasteiger partial charge in [-0.3, -0.25) is 0 Å². The Kier molecular flexibility index (Phi) is 16.4. The van der Waals surface area contributed by atoms with Crippen LogP contribution in [0.2, 0.25) is 0 Å². The fourth-order valence-corrected chi connectivity index (χ4v) is 1.51. The lowest BCUT2D eigenvalue weighted by molar-refractivity contribution is -0.386. The van der Waals surface area contributed by atoms with Gasteiger partial charge in [0.25, 0.3) is 0 Å². The maximum Gasteiger partial charge on any atom is 0.0997 e. The summed E-state index contributed by atoms with van der Waals surface area (Å²) in [5, 5.41) is 0. The molecule has 0 aromatic heterocycles. The minimum absolute atomic E-state index is 0. The van der Waals surface area contributed by atoms with E-state index >= 15 is 0 Å². The van der Waals surface area contributed by atoms with Crippen molar-refractivity contribution in [2.45, 2.75) is 26.9 Å². The number of benzene rings is 2. The molecule has 2 aromatic rings. The SMILES string of the molecule is Cc1ccc(C[NH3+])cc1.Cc1ccc(C[NH3+])cc1.O.[Cl-].[Cl-]. The lowest BCUT2D eigenvalue weighted by atomic mass is 10.2. The van der Waals surface area contributed by atoms with Gasteiger partial charge in [0.1, 0.15) is 0 Å². The summed E-state index contributed by atoms with van der Waals surface area (Å²) < 4.78 is 0. The lowest BCUT2D eigenvalue weighted by Crippen LogP contribution is -3.00. The van der Waals surface area contributed by atoms with Gasteiger partial charge in [0.2, 0.25) is 0 Å². The summed E-state index contributed by atoms with van der Waals surface area (Å²) in [4.78, 5) is 0. The minimum atomic E-state index is 0. The third-order valence-corrected chi connectivity index (χ3v) is 2.82. The Morgan fingerprint density at radius 1 is 0.619 bits per heavy atom. The van der Waals surface area contributed by atoms with Crippen molar-refractivity contribution in [1.82, 2.24) is 0 Å². The molecule has 0 saturated carbocycles. The van der Waals surface area contributed by atoms with E-state index in [4.69, 9.17) is 0 Å². The molecule has 0 aliphatic carbocycles. The molecule has 0 saturated heterocycles. The molecule has 0 amide bonds. The van der Waals surface area contributed by atoms with Crippen LogP contribution >= 0.6 is 0 Å². The van der Waals surface area contributed by atoms with Gasteiger partial charge in [-0.15, -0.1) is 0 Å². The van der Waals surface area contributed by atoms with Crippen molar-refractivity contribution >= 4 is 0 Å². The number of hydrogen-bond donors (Lipinski definition) is 2. The molecule has 0 aliphatic heterocycles. The maximum absolute atomic E-state index is 3.79. The van der Waals surface area contributed by atoms with E-state index in [2.05, 4.69) is 73.8 Å². The Labute approximate surface area is 139 Å². The van der Waals surface area contributed by atoms with Crippen LogP contribution in [0.1, 0.15) is 22.3 Å². The molecule has 8 N–H and O–H groups in total. The van der Waals surface area contributed by atoms with Crippen LogP contribution in [0.15, 0.2) is 48.5 Å². The summed E-state index contributed by atoms with van der Waals surface area (Å²) in [5.74, 6) is 0.